The van der Waals surface area contributed by atoms with Crippen molar-refractivity contribution in [2.45, 2.75) is 26.3 Å². The Hall–Kier alpha value is -3.98. The molecular formula is C28H31N5O4. The number of hydrogen-bond donors (Lipinski definition) is 1. The largest absolute Gasteiger partial charge is 0.432 e. The highest BCUT2D eigenvalue weighted by atomic mass is 16.5. The van der Waals surface area contributed by atoms with Gasteiger partial charge in [-0.1, -0.05) is 30.3 Å². The van der Waals surface area contributed by atoms with Gasteiger partial charge in [0.05, 0.1) is 18.3 Å². The van der Waals surface area contributed by atoms with Crippen LogP contribution in [-0.4, -0.2) is 64.8 Å². The average Bonchev–Trinajstić information content (AvgIpc) is 3.58. The van der Waals surface area contributed by atoms with E-state index in [4.69, 9.17) is 14.3 Å². The van der Waals surface area contributed by atoms with Crippen molar-refractivity contribution in [3.63, 3.8) is 0 Å². The third kappa shape index (κ3) is 5.41. The molecule has 9 nitrogen and oxygen atoms in total. The minimum Gasteiger partial charge on any atom is -0.432 e. The number of carbonyl (C=O) groups excluding carboxylic acids is 2. The van der Waals surface area contributed by atoms with Crippen LogP contribution in [0, 0.1) is 12.8 Å². The van der Waals surface area contributed by atoms with Crippen LogP contribution in [0.2, 0.25) is 0 Å². The number of amides is 2. The van der Waals surface area contributed by atoms with E-state index < -0.39 is 0 Å². The van der Waals surface area contributed by atoms with Gasteiger partial charge in [0.2, 0.25) is 0 Å². The van der Waals surface area contributed by atoms with Crippen molar-refractivity contribution in [1.29, 1.82) is 0 Å². The number of oxazole rings is 1. The molecule has 1 aliphatic rings. The molecule has 1 saturated heterocycles. The van der Waals surface area contributed by atoms with Gasteiger partial charge in [0.15, 0.2) is 5.76 Å². The Morgan fingerprint density at radius 1 is 1.14 bits per heavy atom. The number of hydrogen-bond acceptors (Lipinski definition) is 6. The van der Waals surface area contributed by atoms with Gasteiger partial charge >= 0.3 is 5.91 Å². The maximum Gasteiger partial charge on any atom is 0.309 e. The van der Waals surface area contributed by atoms with Crippen molar-refractivity contribution in [1.82, 2.24) is 25.0 Å². The first-order valence-corrected chi connectivity index (χ1v) is 12.6. The molecule has 4 aromatic rings. The van der Waals surface area contributed by atoms with Crippen molar-refractivity contribution in [3.05, 3.63) is 71.9 Å². The van der Waals surface area contributed by atoms with Crippen molar-refractivity contribution < 1.29 is 18.7 Å². The summed E-state index contributed by atoms with van der Waals surface area (Å²) in [5.41, 5.74) is 3.34. The molecule has 9 heteroatoms. The molecular weight excluding hydrogens is 470 g/mol. The van der Waals surface area contributed by atoms with Gasteiger partial charge in [-0.25, -0.2) is 4.98 Å². The standard InChI is InChI=1S/C28H31N5O4/c1-19-22(26(34)29-12-15-36-2)8-9-24-23(19)18-33(31-24)17-20-10-13-32(14-11-20)28(35)27-30-16-25(37-27)21-6-4-3-5-7-21/h3-9,16,18,20H,10-15,17H2,1-2H3,(H,29,34). The van der Waals surface area contributed by atoms with Crippen LogP contribution in [0.3, 0.4) is 0 Å². The molecule has 2 aromatic heterocycles. The fourth-order valence-corrected chi connectivity index (χ4v) is 4.81. The molecule has 192 valence electrons. The van der Waals surface area contributed by atoms with Gasteiger partial charge in [0.25, 0.3) is 11.8 Å². The van der Waals surface area contributed by atoms with Gasteiger partial charge in [-0.2, -0.15) is 5.10 Å². The molecule has 0 spiro atoms. The second kappa shape index (κ2) is 11.0. The first kappa shape index (κ1) is 24.7. The molecule has 37 heavy (non-hydrogen) atoms. The molecule has 3 heterocycles. The van der Waals surface area contributed by atoms with Crippen molar-refractivity contribution in [3.8, 4) is 11.3 Å². The molecule has 0 aliphatic carbocycles. The van der Waals surface area contributed by atoms with Gasteiger partial charge in [-0.15, -0.1) is 0 Å². The summed E-state index contributed by atoms with van der Waals surface area (Å²) in [5, 5.41) is 8.59. The Kier molecular flexibility index (Phi) is 7.32. The lowest BCUT2D eigenvalue weighted by atomic mass is 9.97. The minimum atomic E-state index is -0.169. The van der Waals surface area contributed by atoms with Gasteiger partial charge < -0.3 is 19.4 Å². The summed E-state index contributed by atoms with van der Waals surface area (Å²) in [7, 11) is 1.61. The molecule has 1 N–H and O–H groups in total. The normalized spacial score (nSPS) is 14.3. The number of fused-ring (bicyclic) bond motifs is 1. The van der Waals surface area contributed by atoms with Crippen LogP contribution < -0.4 is 5.32 Å². The molecule has 0 unspecified atom stereocenters. The fourth-order valence-electron chi connectivity index (χ4n) is 4.81. The van der Waals surface area contributed by atoms with E-state index in [0.29, 0.717) is 43.5 Å². The lowest BCUT2D eigenvalue weighted by Crippen LogP contribution is -2.39. The molecule has 1 fully saturated rings. The van der Waals surface area contributed by atoms with Crippen molar-refractivity contribution >= 4 is 22.7 Å². The second-order valence-electron chi connectivity index (χ2n) is 9.40. The average molecular weight is 502 g/mol. The van der Waals surface area contributed by atoms with Gasteiger partial charge in [-0.05, 0) is 43.4 Å². The summed E-state index contributed by atoms with van der Waals surface area (Å²) < 4.78 is 12.7. The van der Waals surface area contributed by atoms with Gasteiger partial charge in [0.1, 0.15) is 0 Å². The summed E-state index contributed by atoms with van der Waals surface area (Å²) in [6, 6.07) is 13.4. The van der Waals surface area contributed by atoms with Gasteiger partial charge in [-0.3, -0.25) is 14.3 Å². The number of rotatable bonds is 8. The summed E-state index contributed by atoms with van der Waals surface area (Å²) >= 11 is 0. The Bertz CT molecular complexity index is 1390. The highest BCUT2D eigenvalue weighted by Gasteiger charge is 2.27. The maximum absolute atomic E-state index is 12.9. The zero-order chi connectivity index (χ0) is 25.8. The number of likely N-dealkylation sites (tertiary alicyclic amines) is 1. The molecule has 0 saturated carbocycles. The predicted molar refractivity (Wildman–Crippen MR) is 139 cm³/mol. The number of aryl methyl sites for hydroxylation is 1. The van der Waals surface area contributed by atoms with Crippen LogP contribution >= 0.6 is 0 Å². The number of nitrogens with zero attached hydrogens (tertiary/aromatic N) is 4. The monoisotopic (exact) mass is 501 g/mol. The predicted octanol–water partition coefficient (Wildman–Crippen LogP) is 3.93. The highest BCUT2D eigenvalue weighted by molar-refractivity contribution is 6.00. The number of aromatic nitrogens is 3. The zero-order valence-corrected chi connectivity index (χ0v) is 21.1. The summed E-state index contributed by atoms with van der Waals surface area (Å²) in [5.74, 6) is 0.851. The molecule has 0 radical (unpaired) electrons. The van der Waals surface area contributed by atoms with E-state index in [1.807, 2.05) is 65.2 Å². The number of carbonyl (C=O) groups is 2. The van der Waals surface area contributed by atoms with Crippen LogP contribution in [0.15, 0.2) is 59.3 Å². The van der Waals surface area contributed by atoms with E-state index in [0.717, 1.165) is 41.4 Å². The van der Waals surface area contributed by atoms with Gasteiger partial charge in [0, 0.05) is 56.0 Å². The minimum absolute atomic E-state index is 0.108. The lowest BCUT2D eigenvalue weighted by molar-refractivity contribution is 0.0642. The van der Waals surface area contributed by atoms with Crippen LogP contribution in [0.4, 0.5) is 0 Å². The van der Waals surface area contributed by atoms with E-state index >= 15 is 0 Å². The van der Waals surface area contributed by atoms with E-state index in [1.165, 1.54) is 0 Å². The Balaban J connectivity index is 1.19. The second-order valence-corrected chi connectivity index (χ2v) is 9.40. The Morgan fingerprint density at radius 3 is 2.68 bits per heavy atom. The molecule has 2 aromatic carbocycles. The van der Waals surface area contributed by atoms with Crippen LogP contribution in [0.25, 0.3) is 22.2 Å². The lowest BCUT2D eigenvalue weighted by Gasteiger charge is -2.31. The number of methoxy groups -OCH3 is 1. The summed E-state index contributed by atoms with van der Waals surface area (Å²) in [6.45, 7) is 4.97. The topological polar surface area (TPSA) is 102 Å². The number of nitrogens with one attached hydrogen (secondary N) is 1. The molecule has 5 rings (SSSR count). The third-order valence-corrected chi connectivity index (χ3v) is 6.94. The number of ether oxygens (including phenoxy) is 1. The first-order valence-electron chi connectivity index (χ1n) is 12.6. The molecule has 0 bridgehead atoms. The molecule has 2 amide bonds. The quantitative estimate of drug-likeness (QED) is 0.367. The fraction of sp³-hybridized carbons (Fsp3) is 0.357. The van der Waals surface area contributed by atoms with E-state index in [2.05, 4.69) is 10.3 Å². The Labute approximate surface area is 215 Å². The number of piperidine rings is 1. The Morgan fingerprint density at radius 2 is 1.92 bits per heavy atom. The van der Waals surface area contributed by atoms with Crippen LogP contribution in [0.1, 0.15) is 39.4 Å². The van der Waals surface area contributed by atoms with Crippen LogP contribution in [-0.2, 0) is 11.3 Å². The zero-order valence-electron chi connectivity index (χ0n) is 21.1. The van der Waals surface area contributed by atoms with E-state index in [1.54, 1.807) is 13.3 Å². The summed E-state index contributed by atoms with van der Waals surface area (Å²) in [4.78, 5) is 31.5. The smallest absolute Gasteiger partial charge is 0.309 e. The van der Waals surface area contributed by atoms with E-state index in [9.17, 15) is 9.59 Å². The molecule has 0 atom stereocenters. The first-order chi connectivity index (χ1) is 18.0. The summed E-state index contributed by atoms with van der Waals surface area (Å²) in [6.07, 6.45) is 5.38. The van der Waals surface area contributed by atoms with Crippen LogP contribution in [0.5, 0.6) is 0 Å². The SMILES string of the molecule is COCCNC(=O)c1ccc2nn(CC3CCN(C(=O)c4ncc(-c5ccccc5)o4)CC3)cc2c1C. The highest BCUT2D eigenvalue weighted by Crippen LogP contribution is 2.25. The maximum atomic E-state index is 12.9. The van der Waals surface area contributed by atoms with Crippen molar-refractivity contribution in [2.75, 3.05) is 33.4 Å². The number of benzene rings is 2. The third-order valence-electron chi connectivity index (χ3n) is 6.94. The van der Waals surface area contributed by atoms with E-state index in [-0.39, 0.29) is 17.7 Å². The molecule has 1 aliphatic heterocycles. The van der Waals surface area contributed by atoms with Crippen molar-refractivity contribution in [2.24, 2.45) is 5.92 Å².